The van der Waals surface area contributed by atoms with Gasteiger partial charge in [0.1, 0.15) is 5.78 Å². The van der Waals surface area contributed by atoms with Gasteiger partial charge in [-0.3, -0.25) is 4.79 Å². The second kappa shape index (κ2) is 4.02. The summed E-state index contributed by atoms with van der Waals surface area (Å²) in [5.74, 6) is 1.99. The number of carbonyl (C=O) groups is 1. The van der Waals surface area contributed by atoms with Gasteiger partial charge < -0.3 is 0 Å². The van der Waals surface area contributed by atoms with E-state index in [0.717, 1.165) is 15.8 Å². The average Bonchev–Trinajstić information content (AvgIpc) is 2.35. The molecule has 1 aromatic carbocycles. The van der Waals surface area contributed by atoms with Gasteiger partial charge in [-0.25, -0.2) is 0 Å². The maximum absolute atomic E-state index is 12.5. The van der Waals surface area contributed by atoms with E-state index >= 15 is 0 Å². The number of rotatable bonds is 4. The molecule has 5 fully saturated rings. The Bertz CT molecular complexity index is 517. The average molecular weight is 293 g/mol. The van der Waals surface area contributed by atoms with Gasteiger partial charge >= 0.3 is 0 Å². The summed E-state index contributed by atoms with van der Waals surface area (Å²) in [5, 5.41) is 0.752. The molecule has 1 spiro atoms. The Morgan fingerprint density at radius 3 is 2.47 bits per heavy atom. The Kier molecular flexibility index (Phi) is 2.60. The summed E-state index contributed by atoms with van der Waals surface area (Å²) in [6.45, 7) is 0. The van der Waals surface area contributed by atoms with Crippen LogP contribution in [-0.4, -0.2) is 11.5 Å². The topological polar surface area (TPSA) is 17.1 Å². The maximum atomic E-state index is 12.5. The lowest BCUT2D eigenvalue weighted by molar-refractivity contribution is -0.206. The fourth-order valence-electron chi connectivity index (χ4n) is 4.82. The highest BCUT2D eigenvalue weighted by Crippen LogP contribution is 2.75. The minimum absolute atomic E-state index is 0.0839. The first kappa shape index (κ1) is 12.3. The molecule has 0 heterocycles. The number of Topliss-reactive ketones (excluding diaryl/α,β-unsaturated/α-hetero) is 1. The van der Waals surface area contributed by atoms with Crippen molar-refractivity contribution in [1.29, 1.82) is 0 Å². The van der Waals surface area contributed by atoms with Crippen molar-refractivity contribution in [1.82, 2.24) is 0 Å². The zero-order chi connectivity index (χ0) is 13.1. The first-order chi connectivity index (χ1) is 9.09. The Morgan fingerprint density at radius 2 is 1.89 bits per heavy atom. The van der Waals surface area contributed by atoms with Gasteiger partial charge in [0.05, 0.1) is 5.75 Å². The smallest absolute Gasteiger partial charge is 0.149 e. The van der Waals surface area contributed by atoms with Gasteiger partial charge in [-0.2, -0.15) is 0 Å². The zero-order valence-electron chi connectivity index (χ0n) is 10.8. The van der Waals surface area contributed by atoms with Crippen LogP contribution < -0.4 is 0 Å². The largest absolute Gasteiger partial charge is 0.298 e. The van der Waals surface area contributed by atoms with Gasteiger partial charge in [0, 0.05) is 15.3 Å². The second-order valence-electron chi connectivity index (χ2n) is 6.78. The van der Waals surface area contributed by atoms with E-state index in [1.165, 1.54) is 32.1 Å². The number of benzene rings is 1. The Hall–Kier alpha value is -0.470. The van der Waals surface area contributed by atoms with E-state index in [9.17, 15) is 4.79 Å². The van der Waals surface area contributed by atoms with Crippen LogP contribution in [0, 0.1) is 16.7 Å². The van der Waals surface area contributed by atoms with Crippen LogP contribution >= 0.6 is 23.4 Å². The van der Waals surface area contributed by atoms with E-state index in [4.69, 9.17) is 11.6 Å². The van der Waals surface area contributed by atoms with E-state index in [-0.39, 0.29) is 5.41 Å². The second-order valence-corrected chi connectivity index (χ2v) is 8.26. The van der Waals surface area contributed by atoms with Crippen LogP contribution in [0.1, 0.15) is 32.1 Å². The third kappa shape index (κ3) is 1.87. The van der Waals surface area contributed by atoms with Crippen LogP contribution in [0.15, 0.2) is 29.2 Å². The van der Waals surface area contributed by atoms with Crippen LogP contribution in [0.5, 0.6) is 0 Å². The summed E-state index contributed by atoms with van der Waals surface area (Å²) in [4.78, 5) is 13.7. The van der Waals surface area contributed by atoms with Crippen LogP contribution in [0.2, 0.25) is 5.02 Å². The third-order valence-corrected chi connectivity index (χ3v) is 6.59. The molecule has 3 bridgehead atoms. The third-order valence-electron chi connectivity index (χ3n) is 5.32. The quantitative estimate of drug-likeness (QED) is 0.756. The number of hydrogen-bond acceptors (Lipinski definition) is 2. The van der Waals surface area contributed by atoms with Crippen molar-refractivity contribution in [2.24, 2.45) is 16.7 Å². The van der Waals surface area contributed by atoms with Gasteiger partial charge in [-0.15, -0.1) is 11.8 Å². The van der Waals surface area contributed by atoms with E-state index in [0.29, 0.717) is 17.0 Å². The monoisotopic (exact) mass is 292 g/mol. The van der Waals surface area contributed by atoms with Crippen LogP contribution in [0.4, 0.5) is 0 Å². The molecule has 6 rings (SSSR count). The number of hydrogen-bond donors (Lipinski definition) is 0. The Morgan fingerprint density at radius 1 is 1.21 bits per heavy atom. The van der Waals surface area contributed by atoms with E-state index < -0.39 is 0 Å². The van der Waals surface area contributed by atoms with Gasteiger partial charge in [-0.05, 0) is 67.7 Å². The van der Waals surface area contributed by atoms with Crippen molar-refractivity contribution in [2.75, 3.05) is 5.75 Å². The maximum Gasteiger partial charge on any atom is 0.149 e. The molecule has 100 valence electrons. The summed E-state index contributed by atoms with van der Waals surface area (Å²) < 4.78 is 0. The van der Waals surface area contributed by atoms with Crippen LogP contribution in [-0.2, 0) is 4.79 Å². The fraction of sp³-hybridized carbons (Fsp3) is 0.562. The minimum atomic E-state index is 0.0839. The molecule has 0 aliphatic heterocycles. The molecule has 5 saturated carbocycles. The number of carbonyl (C=O) groups excluding carboxylic acids is 1. The van der Waals surface area contributed by atoms with E-state index in [2.05, 4.69) is 0 Å². The highest BCUT2D eigenvalue weighted by atomic mass is 35.5. The lowest BCUT2D eigenvalue weighted by atomic mass is 9.33. The fourth-order valence-corrected chi connectivity index (χ4v) is 5.88. The van der Waals surface area contributed by atoms with Crippen molar-refractivity contribution in [2.45, 2.75) is 37.0 Å². The van der Waals surface area contributed by atoms with Crippen molar-refractivity contribution < 1.29 is 4.79 Å². The molecule has 0 radical (unpaired) electrons. The summed E-state index contributed by atoms with van der Waals surface area (Å²) in [5.41, 5.74) is 0.699. The predicted molar refractivity (Wildman–Crippen MR) is 78.6 cm³/mol. The molecule has 0 amide bonds. The Labute approximate surface area is 123 Å². The predicted octanol–water partition coefficient (Wildman–Crippen LogP) is 4.58. The summed E-state index contributed by atoms with van der Waals surface area (Å²) >= 11 is 7.53. The molecule has 5 aliphatic carbocycles. The van der Waals surface area contributed by atoms with Gasteiger partial charge in [0.25, 0.3) is 0 Å². The summed E-state index contributed by atoms with van der Waals surface area (Å²) in [6.07, 6.45) is 6.38. The number of halogens is 1. The molecule has 3 heteroatoms. The molecule has 1 nitrogen and oxygen atoms in total. The normalized spacial score (nSPS) is 38.3. The van der Waals surface area contributed by atoms with Gasteiger partial charge in [0.2, 0.25) is 0 Å². The summed E-state index contributed by atoms with van der Waals surface area (Å²) in [6, 6.07) is 7.78. The number of thioether (sulfide) groups is 1. The van der Waals surface area contributed by atoms with Gasteiger partial charge in [0.15, 0.2) is 0 Å². The molecule has 5 aliphatic rings. The first-order valence-corrected chi connectivity index (χ1v) is 8.37. The number of ketones is 1. The first-order valence-electron chi connectivity index (χ1n) is 7.01. The van der Waals surface area contributed by atoms with Crippen molar-refractivity contribution >= 4 is 29.1 Å². The molecular weight excluding hydrogens is 276 g/mol. The zero-order valence-corrected chi connectivity index (χ0v) is 12.4. The lowest BCUT2D eigenvalue weighted by Gasteiger charge is -2.70. The molecule has 0 atom stereocenters. The van der Waals surface area contributed by atoms with E-state index in [1.54, 1.807) is 11.8 Å². The van der Waals surface area contributed by atoms with Crippen LogP contribution in [0.3, 0.4) is 0 Å². The highest BCUT2D eigenvalue weighted by molar-refractivity contribution is 8.00. The molecule has 0 saturated heterocycles. The molecule has 19 heavy (non-hydrogen) atoms. The molecular formula is C16H17ClOS. The SMILES string of the molecule is O=C(CSc1ccc(Cl)cc1)C12CC3CC(C3)(C1)C2. The molecule has 0 aromatic heterocycles. The van der Waals surface area contributed by atoms with Crippen LogP contribution in [0.25, 0.3) is 0 Å². The molecule has 1 aromatic rings. The standard InChI is InChI=1S/C16H17ClOS/c17-12-1-3-13(4-2-12)19-8-14(18)16-7-11-5-15(6-11,9-16)10-16/h1-4,11H,5-10H2. The highest BCUT2D eigenvalue weighted by Gasteiger charge is 2.68. The summed E-state index contributed by atoms with van der Waals surface area (Å²) in [7, 11) is 0. The molecule has 0 N–H and O–H groups in total. The van der Waals surface area contributed by atoms with Crippen molar-refractivity contribution in [3.05, 3.63) is 29.3 Å². The van der Waals surface area contributed by atoms with E-state index in [1.807, 2.05) is 24.3 Å². The van der Waals surface area contributed by atoms with Crippen molar-refractivity contribution in [3.8, 4) is 0 Å². The van der Waals surface area contributed by atoms with Gasteiger partial charge in [-0.1, -0.05) is 11.6 Å². The van der Waals surface area contributed by atoms with Crippen molar-refractivity contribution in [3.63, 3.8) is 0 Å². The lowest BCUT2D eigenvalue weighted by Crippen LogP contribution is -2.64. The Balaban J connectivity index is 1.39. The molecule has 0 unspecified atom stereocenters. The minimum Gasteiger partial charge on any atom is -0.298 e.